The molecule has 2 aromatic carbocycles. The summed E-state index contributed by atoms with van der Waals surface area (Å²) in [6.45, 7) is 6.83. The fraction of sp³-hybridized carbons (Fsp3) is 0.462. The molecular formula is C26H32ClN3O4. The van der Waals surface area contributed by atoms with Crippen LogP contribution in [0, 0.1) is 0 Å². The summed E-state index contributed by atoms with van der Waals surface area (Å²) in [5, 5.41) is 0.670. The number of halogens is 1. The minimum absolute atomic E-state index is 0.0679. The Morgan fingerprint density at radius 3 is 2.38 bits per heavy atom. The van der Waals surface area contributed by atoms with Gasteiger partial charge in [0.25, 0.3) is 5.91 Å². The molecule has 0 bridgehead atoms. The average Bonchev–Trinajstić information content (AvgIpc) is 3.01. The Hall–Kier alpha value is -2.61. The van der Waals surface area contributed by atoms with E-state index in [2.05, 4.69) is 11.0 Å². The Morgan fingerprint density at radius 1 is 1.03 bits per heavy atom. The minimum atomic E-state index is -0.768. The van der Waals surface area contributed by atoms with Gasteiger partial charge in [-0.2, -0.15) is 0 Å². The fourth-order valence-corrected chi connectivity index (χ4v) is 4.98. The lowest BCUT2D eigenvalue weighted by Gasteiger charge is -2.42. The van der Waals surface area contributed by atoms with Gasteiger partial charge in [-0.3, -0.25) is 14.6 Å². The van der Waals surface area contributed by atoms with E-state index in [1.54, 1.807) is 24.1 Å². The maximum Gasteiger partial charge on any atom is 0.327 e. The van der Waals surface area contributed by atoms with Crippen LogP contribution in [0.15, 0.2) is 48.5 Å². The highest BCUT2D eigenvalue weighted by Gasteiger charge is 2.58. The Kier molecular flexibility index (Phi) is 7.45. The van der Waals surface area contributed by atoms with Gasteiger partial charge in [-0.05, 0) is 68.7 Å². The van der Waals surface area contributed by atoms with E-state index >= 15 is 0 Å². The quantitative estimate of drug-likeness (QED) is 0.503. The van der Waals surface area contributed by atoms with Crippen LogP contribution in [0.4, 0.5) is 4.79 Å². The smallest absolute Gasteiger partial charge is 0.327 e. The van der Waals surface area contributed by atoms with Crippen LogP contribution in [0.5, 0.6) is 11.5 Å². The Bertz CT molecular complexity index is 1020. The fourth-order valence-electron chi connectivity index (χ4n) is 4.86. The number of urea groups is 1. The molecule has 0 aliphatic carbocycles. The molecular weight excluding hydrogens is 454 g/mol. The van der Waals surface area contributed by atoms with Crippen LogP contribution in [-0.4, -0.2) is 71.6 Å². The third kappa shape index (κ3) is 4.92. The molecule has 34 heavy (non-hydrogen) atoms. The molecule has 0 aromatic heterocycles. The number of imide groups is 1. The van der Waals surface area contributed by atoms with Crippen LogP contribution in [-0.2, 0) is 16.1 Å². The van der Waals surface area contributed by atoms with Crippen molar-refractivity contribution in [1.29, 1.82) is 0 Å². The number of rotatable bonds is 8. The Balaban J connectivity index is 1.42. The van der Waals surface area contributed by atoms with Crippen LogP contribution in [0.1, 0.15) is 32.3 Å². The molecule has 1 spiro atoms. The summed E-state index contributed by atoms with van der Waals surface area (Å²) in [6.07, 6.45) is 1.23. The standard InChI is InChI=1S/C26H32ClN3O4/c1-19(2)30-24(31)26(29(25(30)32)15-16-33-3)11-13-28(14-12-26)18-20-5-4-6-23(17-20)34-22-9-7-21(27)8-10-22/h4-10,17,19H,11-16,18H2,1-3H3. The van der Waals surface area contributed by atoms with E-state index in [0.717, 1.165) is 36.7 Å². The summed E-state index contributed by atoms with van der Waals surface area (Å²) >= 11 is 5.95. The van der Waals surface area contributed by atoms with Crippen molar-refractivity contribution in [3.8, 4) is 11.5 Å². The third-order valence-corrected chi connectivity index (χ3v) is 6.90. The molecule has 7 nitrogen and oxygen atoms in total. The maximum atomic E-state index is 13.4. The molecule has 0 atom stereocenters. The molecule has 2 fully saturated rings. The molecule has 2 aliphatic heterocycles. The lowest BCUT2D eigenvalue weighted by Crippen LogP contribution is -2.57. The maximum absolute atomic E-state index is 13.4. The number of carbonyl (C=O) groups excluding carboxylic acids is 2. The van der Waals surface area contributed by atoms with Gasteiger partial charge in [0, 0.05) is 44.4 Å². The number of hydrogen-bond donors (Lipinski definition) is 0. The summed E-state index contributed by atoms with van der Waals surface area (Å²) in [4.78, 5) is 31.9. The zero-order valence-corrected chi connectivity index (χ0v) is 20.8. The van der Waals surface area contributed by atoms with Gasteiger partial charge in [-0.15, -0.1) is 0 Å². The zero-order chi connectivity index (χ0) is 24.3. The highest BCUT2D eigenvalue weighted by Crippen LogP contribution is 2.38. The number of amides is 3. The van der Waals surface area contributed by atoms with Crippen molar-refractivity contribution in [3.05, 3.63) is 59.1 Å². The molecule has 182 valence electrons. The van der Waals surface area contributed by atoms with Crippen LogP contribution in [0.2, 0.25) is 5.02 Å². The van der Waals surface area contributed by atoms with Gasteiger partial charge >= 0.3 is 6.03 Å². The van der Waals surface area contributed by atoms with Crippen molar-refractivity contribution >= 4 is 23.5 Å². The number of carbonyl (C=O) groups is 2. The molecule has 4 rings (SSSR count). The largest absolute Gasteiger partial charge is 0.457 e. The number of nitrogens with zero attached hydrogens (tertiary/aromatic N) is 3. The summed E-state index contributed by atoms with van der Waals surface area (Å²) in [5.74, 6) is 1.43. The van der Waals surface area contributed by atoms with E-state index < -0.39 is 5.54 Å². The van der Waals surface area contributed by atoms with Crippen molar-refractivity contribution in [3.63, 3.8) is 0 Å². The van der Waals surface area contributed by atoms with Crippen molar-refractivity contribution in [2.45, 2.75) is 44.8 Å². The molecule has 0 saturated carbocycles. The third-order valence-electron chi connectivity index (χ3n) is 6.64. The van der Waals surface area contributed by atoms with Crippen LogP contribution >= 0.6 is 11.6 Å². The molecule has 3 amide bonds. The van der Waals surface area contributed by atoms with Crippen LogP contribution in [0.3, 0.4) is 0 Å². The number of benzene rings is 2. The average molecular weight is 486 g/mol. The number of ether oxygens (including phenoxy) is 2. The summed E-state index contributed by atoms with van der Waals surface area (Å²) in [7, 11) is 1.61. The monoisotopic (exact) mass is 485 g/mol. The molecule has 8 heteroatoms. The Morgan fingerprint density at radius 2 is 1.74 bits per heavy atom. The number of hydrogen-bond acceptors (Lipinski definition) is 5. The van der Waals surface area contributed by atoms with Gasteiger partial charge in [0.1, 0.15) is 17.0 Å². The first kappa shape index (κ1) is 24.5. The summed E-state index contributed by atoms with van der Waals surface area (Å²) in [5.41, 5.74) is 0.368. The van der Waals surface area contributed by atoms with E-state index in [-0.39, 0.29) is 18.0 Å². The van der Waals surface area contributed by atoms with Gasteiger partial charge in [0.05, 0.1) is 6.61 Å². The molecule has 2 aliphatic rings. The van der Waals surface area contributed by atoms with E-state index in [0.29, 0.717) is 31.0 Å². The van der Waals surface area contributed by atoms with Crippen molar-refractivity contribution in [2.75, 3.05) is 33.4 Å². The summed E-state index contributed by atoms with van der Waals surface area (Å²) < 4.78 is 11.2. The predicted molar refractivity (Wildman–Crippen MR) is 131 cm³/mol. The molecule has 0 N–H and O–H groups in total. The normalized spacial score (nSPS) is 18.4. The van der Waals surface area contributed by atoms with Crippen molar-refractivity contribution in [2.24, 2.45) is 0 Å². The molecule has 2 heterocycles. The minimum Gasteiger partial charge on any atom is -0.457 e. The molecule has 0 unspecified atom stereocenters. The SMILES string of the molecule is COCCN1C(=O)N(C(C)C)C(=O)C12CCN(Cc1cccc(Oc3ccc(Cl)cc3)c1)CC2. The highest BCUT2D eigenvalue weighted by molar-refractivity contribution is 6.30. The van der Waals surface area contributed by atoms with E-state index in [1.807, 2.05) is 44.2 Å². The predicted octanol–water partition coefficient (Wildman–Crippen LogP) is 4.79. The van der Waals surface area contributed by atoms with Gasteiger partial charge in [-0.25, -0.2) is 4.79 Å². The summed E-state index contributed by atoms with van der Waals surface area (Å²) in [6, 6.07) is 15.0. The van der Waals surface area contributed by atoms with Gasteiger partial charge in [-0.1, -0.05) is 23.7 Å². The number of methoxy groups -OCH3 is 1. The lowest BCUT2D eigenvalue weighted by molar-refractivity contribution is -0.136. The second-order valence-corrected chi connectivity index (χ2v) is 9.64. The Labute approximate surface area is 206 Å². The first-order chi connectivity index (χ1) is 16.3. The van der Waals surface area contributed by atoms with E-state index in [4.69, 9.17) is 21.1 Å². The second-order valence-electron chi connectivity index (χ2n) is 9.21. The van der Waals surface area contributed by atoms with Crippen LogP contribution in [0.25, 0.3) is 0 Å². The first-order valence-corrected chi connectivity index (χ1v) is 12.1. The molecule has 2 aromatic rings. The molecule has 0 radical (unpaired) electrons. The van der Waals surface area contributed by atoms with Gasteiger partial charge in [0.15, 0.2) is 0 Å². The van der Waals surface area contributed by atoms with Gasteiger partial charge < -0.3 is 14.4 Å². The van der Waals surface area contributed by atoms with E-state index in [1.165, 1.54) is 4.90 Å². The second kappa shape index (κ2) is 10.3. The first-order valence-electron chi connectivity index (χ1n) is 11.7. The lowest BCUT2D eigenvalue weighted by atomic mass is 9.85. The topological polar surface area (TPSA) is 62.3 Å². The molecule has 2 saturated heterocycles. The van der Waals surface area contributed by atoms with Crippen LogP contribution < -0.4 is 4.74 Å². The van der Waals surface area contributed by atoms with Gasteiger partial charge in [0.2, 0.25) is 0 Å². The number of likely N-dealkylation sites (tertiary alicyclic amines) is 1. The van der Waals surface area contributed by atoms with E-state index in [9.17, 15) is 9.59 Å². The number of piperidine rings is 1. The van der Waals surface area contributed by atoms with Crippen molar-refractivity contribution < 1.29 is 19.1 Å². The highest BCUT2D eigenvalue weighted by atomic mass is 35.5. The van der Waals surface area contributed by atoms with Crippen molar-refractivity contribution in [1.82, 2.24) is 14.7 Å². The zero-order valence-electron chi connectivity index (χ0n) is 20.0.